The third kappa shape index (κ3) is 5.45. The second-order valence-corrected chi connectivity index (χ2v) is 8.23. The van der Waals surface area contributed by atoms with Crippen LogP contribution < -0.4 is 0 Å². The molecule has 0 radical (unpaired) electrons. The van der Waals surface area contributed by atoms with Crippen LogP contribution in [0.2, 0.25) is 0 Å². The fraction of sp³-hybridized carbons (Fsp3) is 0.500. The molecule has 1 saturated heterocycles. The minimum absolute atomic E-state index is 0.00357. The highest BCUT2D eigenvalue weighted by Gasteiger charge is 2.49. The first-order valence-electron chi connectivity index (χ1n) is 11.6. The monoisotopic (exact) mass is 455 g/mol. The predicted octanol–water partition coefficient (Wildman–Crippen LogP) is 3.16. The van der Waals surface area contributed by atoms with Crippen LogP contribution in [0.15, 0.2) is 49.1 Å². The molecule has 2 heterocycles. The van der Waals surface area contributed by atoms with Crippen molar-refractivity contribution in [1.82, 2.24) is 4.90 Å². The topological polar surface area (TPSA) is 66.5 Å². The molecule has 4 rings (SSSR count). The van der Waals surface area contributed by atoms with Crippen molar-refractivity contribution in [2.75, 3.05) is 72.6 Å². The second kappa shape index (κ2) is 11.7. The van der Waals surface area contributed by atoms with Crippen molar-refractivity contribution in [3.05, 3.63) is 60.2 Å². The van der Waals surface area contributed by atoms with Gasteiger partial charge in [0.1, 0.15) is 0 Å². The molecule has 1 unspecified atom stereocenters. The number of amides is 1. The van der Waals surface area contributed by atoms with Gasteiger partial charge in [-0.15, -0.1) is 6.58 Å². The van der Waals surface area contributed by atoms with Gasteiger partial charge in [0, 0.05) is 12.1 Å². The van der Waals surface area contributed by atoms with E-state index in [0.29, 0.717) is 79.0 Å². The number of nitrogens with zero attached hydrogens (tertiary/aromatic N) is 1. The van der Waals surface area contributed by atoms with E-state index in [4.69, 9.17) is 23.7 Å². The maximum Gasteiger partial charge on any atom is 0.255 e. The minimum Gasteiger partial charge on any atom is -0.377 e. The van der Waals surface area contributed by atoms with E-state index < -0.39 is 5.54 Å². The summed E-state index contributed by atoms with van der Waals surface area (Å²) in [4.78, 5) is 15.5. The molecule has 1 atom stereocenters. The van der Waals surface area contributed by atoms with Gasteiger partial charge in [-0.25, -0.2) is 0 Å². The molecule has 33 heavy (non-hydrogen) atoms. The quantitative estimate of drug-likeness (QED) is 0.648. The summed E-state index contributed by atoms with van der Waals surface area (Å²) < 4.78 is 28.5. The zero-order valence-electron chi connectivity index (χ0n) is 19.1. The van der Waals surface area contributed by atoms with Crippen LogP contribution in [0.1, 0.15) is 22.3 Å². The number of hydrogen-bond donors (Lipinski definition) is 0. The van der Waals surface area contributed by atoms with Gasteiger partial charge in [0.05, 0.1) is 71.6 Å². The Bertz CT molecular complexity index is 948. The van der Waals surface area contributed by atoms with Crippen molar-refractivity contribution in [3.63, 3.8) is 0 Å². The summed E-state index contributed by atoms with van der Waals surface area (Å²) in [7, 11) is 0. The van der Waals surface area contributed by atoms with E-state index >= 15 is 0 Å². The Labute approximate surface area is 195 Å². The van der Waals surface area contributed by atoms with E-state index in [1.165, 1.54) is 0 Å². The standard InChI is InChI=1S/C26H33NO6/c1-2-7-26-20-33-17-16-32-15-14-31-13-12-30-11-10-29-9-8-27(26)25(28)23-18-21-5-3-4-6-22(21)19-24(23)26/h2-6,18-19H,1,7-17,20H2. The highest BCUT2D eigenvalue weighted by Crippen LogP contribution is 2.44. The normalized spacial score (nSPS) is 24.0. The largest absolute Gasteiger partial charge is 0.377 e. The van der Waals surface area contributed by atoms with Crippen molar-refractivity contribution < 1.29 is 28.5 Å². The molecule has 1 amide bonds. The minimum atomic E-state index is -0.632. The Hall–Kier alpha value is -2.29. The number of fused-ring (bicyclic) bond motifs is 4. The van der Waals surface area contributed by atoms with Gasteiger partial charge in [0.2, 0.25) is 0 Å². The molecule has 0 saturated carbocycles. The smallest absolute Gasteiger partial charge is 0.255 e. The van der Waals surface area contributed by atoms with Gasteiger partial charge < -0.3 is 28.6 Å². The lowest BCUT2D eigenvalue weighted by molar-refractivity contribution is -0.0412. The van der Waals surface area contributed by atoms with Crippen molar-refractivity contribution in [1.29, 1.82) is 0 Å². The summed E-state index contributed by atoms with van der Waals surface area (Å²) in [6, 6.07) is 12.2. The van der Waals surface area contributed by atoms with E-state index in [2.05, 4.69) is 18.7 Å². The van der Waals surface area contributed by atoms with Crippen LogP contribution in [-0.4, -0.2) is 83.4 Å². The van der Waals surface area contributed by atoms with E-state index in [-0.39, 0.29) is 5.91 Å². The fourth-order valence-electron chi connectivity index (χ4n) is 4.55. The average Bonchev–Trinajstić information content (AvgIpc) is 3.04. The lowest BCUT2D eigenvalue weighted by Crippen LogP contribution is -2.48. The van der Waals surface area contributed by atoms with Gasteiger partial charge in [0.15, 0.2) is 0 Å². The Morgan fingerprint density at radius 1 is 0.818 bits per heavy atom. The van der Waals surface area contributed by atoms with Crippen LogP contribution in [0.3, 0.4) is 0 Å². The zero-order chi connectivity index (χ0) is 22.9. The van der Waals surface area contributed by atoms with Gasteiger partial charge in [0.25, 0.3) is 5.91 Å². The number of ether oxygens (including phenoxy) is 5. The molecule has 1 fully saturated rings. The van der Waals surface area contributed by atoms with Crippen molar-refractivity contribution in [3.8, 4) is 0 Å². The number of carbonyl (C=O) groups excluding carboxylic acids is 1. The molecule has 0 aromatic heterocycles. The molecule has 7 heteroatoms. The molecule has 7 nitrogen and oxygen atoms in total. The highest BCUT2D eigenvalue weighted by molar-refractivity contribution is 6.04. The molecular weight excluding hydrogens is 422 g/mol. The third-order valence-corrected chi connectivity index (χ3v) is 6.15. The number of carbonyl (C=O) groups is 1. The number of hydrogen-bond acceptors (Lipinski definition) is 6. The summed E-state index contributed by atoms with van der Waals surface area (Å²) in [6.07, 6.45) is 2.45. The first-order valence-corrected chi connectivity index (χ1v) is 11.6. The van der Waals surface area contributed by atoms with E-state index in [9.17, 15) is 4.79 Å². The average molecular weight is 456 g/mol. The van der Waals surface area contributed by atoms with Gasteiger partial charge in [-0.1, -0.05) is 30.3 Å². The lowest BCUT2D eigenvalue weighted by Gasteiger charge is -2.38. The molecule has 2 aromatic carbocycles. The van der Waals surface area contributed by atoms with Gasteiger partial charge in [-0.3, -0.25) is 4.79 Å². The maximum absolute atomic E-state index is 13.6. The summed E-state index contributed by atoms with van der Waals surface area (Å²) in [5.41, 5.74) is 1.08. The van der Waals surface area contributed by atoms with Gasteiger partial charge >= 0.3 is 0 Å². The molecule has 0 bridgehead atoms. The Kier molecular flexibility index (Phi) is 8.47. The van der Waals surface area contributed by atoms with Crippen molar-refractivity contribution in [2.24, 2.45) is 0 Å². The number of benzene rings is 2. The molecule has 0 spiro atoms. The van der Waals surface area contributed by atoms with Crippen molar-refractivity contribution >= 4 is 16.7 Å². The van der Waals surface area contributed by atoms with Crippen LogP contribution in [0, 0.1) is 0 Å². The number of rotatable bonds is 2. The summed E-state index contributed by atoms with van der Waals surface area (Å²) in [5.74, 6) is 0.00357. The van der Waals surface area contributed by atoms with Gasteiger partial charge in [-0.05, 0) is 34.9 Å². The first kappa shape index (κ1) is 23.9. The third-order valence-electron chi connectivity index (χ3n) is 6.15. The first-order chi connectivity index (χ1) is 16.3. The van der Waals surface area contributed by atoms with Crippen LogP contribution in [0.5, 0.6) is 0 Å². The van der Waals surface area contributed by atoms with Gasteiger partial charge in [-0.2, -0.15) is 0 Å². The molecular formula is C26H33NO6. The Balaban J connectivity index is 1.61. The highest BCUT2D eigenvalue weighted by atomic mass is 16.6. The van der Waals surface area contributed by atoms with E-state index in [0.717, 1.165) is 21.9 Å². The second-order valence-electron chi connectivity index (χ2n) is 8.23. The summed E-state index contributed by atoms with van der Waals surface area (Å²) in [6.45, 7) is 9.14. The molecule has 2 aliphatic rings. The summed E-state index contributed by atoms with van der Waals surface area (Å²) >= 11 is 0. The molecule has 0 N–H and O–H groups in total. The molecule has 0 aliphatic carbocycles. The molecule has 2 aliphatic heterocycles. The maximum atomic E-state index is 13.6. The van der Waals surface area contributed by atoms with E-state index in [1.54, 1.807) is 0 Å². The van der Waals surface area contributed by atoms with Crippen molar-refractivity contribution in [2.45, 2.75) is 12.0 Å². The Morgan fingerprint density at radius 3 is 1.97 bits per heavy atom. The fourth-order valence-corrected chi connectivity index (χ4v) is 4.55. The van der Waals surface area contributed by atoms with Crippen LogP contribution >= 0.6 is 0 Å². The summed E-state index contributed by atoms with van der Waals surface area (Å²) in [5, 5.41) is 2.15. The molecule has 178 valence electrons. The van der Waals surface area contributed by atoms with Crippen LogP contribution in [-0.2, 0) is 29.2 Å². The zero-order valence-corrected chi connectivity index (χ0v) is 19.1. The lowest BCUT2D eigenvalue weighted by atomic mass is 9.85. The van der Waals surface area contributed by atoms with Crippen LogP contribution in [0.25, 0.3) is 10.8 Å². The van der Waals surface area contributed by atoms with Crippen LogP contribution in [0.4, 0.5) is 0 Å². The predicted molar refractivity (Wildman–Crippen MR) is 126 cm³/mol. The SMILES string of the molecule is C=CCC12COCCOCCOCCOCCOCCN1C(=O)c1cc3ccccc3cc12. The molecule has 2 aromatic rings. The van der Waals surface area contributed by atoms with E-state index in [1.807, 2.05) is 35.2 Å². The Morgan fingerprint density at radius 2 is 1.36 bits per heavy atom.